The molecule has 12 heavy (non-hydrogen) atoms. The number of ether oxygens (including phenoxy) is 2. The van der Waals surface area contributed by atoms with Crippen LogP contribution in [0.4, 0.5) is 0 Å². The van der Waals surface area contributed by atoms with E-state index in [0.29, 0.717) is 6.61 Å². The van der Waals surface area contributed by atoms with Crippen molar-refractivity contribution in [2.24, 2.45) is 0 Å². The van der Waals surface area contributed by atoms with Crippen molar-refractivity contribution in [2.45, 2.75) is 37.2 Å². The number of hydrogen-bond donors (Lipinski definition) is 0. The smallest absolute Gasteiger partial charge is 0.0926 e. The lowest BCUT2D eigenvalue weighted by molar-refractivity contribution is -0.116. The van der Waals surface area contributed by atoms with Gasteiger partial charge in [0.1, 0.15) is 0 Å². The zero-order chi connectivity index (χ0) is 9.03. The highest BCUT2D eigenvalue weighted by Crippen LogP contribution is 2.31. The normalized spacial score (nSPS) is 36.8. The average Bonchev–Trinajstić information content (AvgIpc) is 2.05. The summed E-state index contributed by atoms with van der Waals surface area (Å²) >= 11 is 6.08. The Morgan fingerprint density at radius 1 is 1.67 bits per heavy atom. The van der Waals surface area contributed by atoms with Crippen LogP contribution in [0.25, 0.3) is 0 Å². The van der Waals surface area contributed by atoms with Crippen LogP contribution in [0.2, 0.25) is 0 Å². The lowest BCUT2D eigenvalue weighted by Crippen LogP contribution is -2.43. The Bertz CT molecular complexity index is 136. The van der Waals surface area contributed by atoms with Crippen LogP contribution >= 0.6 is 11.6 Å². The molecule has 0 aromatic carbocycles. The van der Waals surface area contributed by atoms with Crippen molar-refractivity contribution in [3.8, 4) is 0 Å². The van der Waals surface area contributed by atoms with Crippen molar-refractivity contribution in [3.63, 3.8) is 0 Å². The van der Waals surface area contributed by atoms with E-state index in [1.165, 1.54) is 0 Å². The SMILES string of the molecule is CCC1(COC)CC(Cl)CCO1. The fourth-order valence-corrected chi connectivity index (χ4v) is 2.05. The molecule has 0 radical (unpaired) electrons. The lowest BCUT2D eigenvalue weighted by atomic mass is 9.92. The first-order valence-electron chi connectivity index (χ1n) is 4.49. The van der Waals surface area contributed by atoms with Crippen molar-refractivity contribution in [1.82, 2.24) is 0 Å². The molecule has 1 rings (SSSR count). The summed E-state index contributed by atoms with van der Waals surface area (Å²) in [5.74, 6) is 0. The van der Waals surface area contributed by atoms with Gasteiger partial charge < -0.3 is 9.47 Å². The van der Waals surface area contributed by atoms with E-state index in [1.807, 2.05) is 0 Å². The van der Waals surface area contributed by atoms with Gasteiger partial charge in [0.15, 0.2) is 0 Å². The van der Waals surface area contributed by atoms with Crippen LogP contribution in [-0.2, 0) is 9.47 Å². The van der Waals surface area contributed by atoms with Gasteiger partial charge in [-0.25, -0.2) is 0 Å². The van der Waals surface area contributed by atoms with Gasteiger partial charge in [0, 0.05) is 19.1 Å². The third-order valence-corrected chi connectivity index (χ3v) is 2.86. The highest BCUT2D eigenvalue weighted by Gasteiger charge is 2.35. The number of alkyl halides is 1. The summed E-state index contributed by atoms with van der Waals surface area (Å²) in [6.07, 6.45) is 2.86. The molecule has 1 heterocycles. The Morgan fingerprint density at radius 2 is 2.42 bits per heavy atom. The quantitative estimate of drug-likeness (QED) is 0.639. The largest absolute Gasteiger partial charge is 0.382 e. The second kappa shape index (κ2) is 4.45. The Labute approximate surface area is 79.2 Å². The van der Waals surface area contributed by atoms with Crippen molar-refractivity contribution < 1.29 is 9.47 Å². The summed E-state index contributed by atoms with van der Waals surface area (Å²) in [7, 11) is 1.71. The fraction of sp³-hybridized carbons (Fsp3) is 1.00. The average molecular weight is 193 g/mol. The predicted molar refractivity (Wildman–Crippen MR) is 49.7 cm³/mol. The third-order valence-electron chi connectivity index (χ3n) is 2.48. The monoisotopic (exact) mass is 192 g/mol. The van der Waals surface area contributed by atoms with Gasteiger partial charge in [-0.05, 0) is 19.3 Å². The third kappa shape index (κ3) is 2.35. The van der Waals surface area contributed by atoms with E-state index in [1.54, 1.807) is 7.11 Å². The van der Waals surface area contributed by atoms with Gasteiger partial charge >= 0.3 is 0 Å². The van der Waals surface area contributed by atoms with E-state index < -0.39 is 0 Å². The maximum atomic E-state index is 6.08. The molecule has 1 fully saturated rings. The fourth-order valence-electron chi connectivity index (χ4n) is 1.68. The van der Waals surface area contributed by atoms with Crippen LogP contribution in [0.15, 0.2) is 0 Å². The second-order valence-electron chi connectivity index (χ2n) is 3.41. The van der Waals surface area contributed by atoms with Crippen LogP contribution in [0.5, 0.6) is 0 Å². The van der Waals surface area contributed by atoms with Crippen LogP contribution in [0.3, 0.4) is 0 Å². The van der Waals surface area contributed by atoms with Crippen molar-refractivity contribution in [1.29, 1.82) is 0 Å². The van der Waals surface area contributed by atoms with Crippen molar-refractivity contribution >= 4 is 11.6 Å². The lowest BCUT2D eigenvalue weighted by Gasteiger charge is -2.38. The van der Waals surface area contributed by atoms with E-state index >= 15 is 0 Å². The molecule has 0 aromatic rings. The molecule has 2 atom stereocenters. The Hall–Kier alpha value is 0.210. The molecule has 0 aromatic heterocycles. The van der Waals surface area contributed by atoms with Crippen LogP contribution in [-0.4, -0.2) is 31.3 Å². The molecule has 1 saturated heterocycles. The van der Waals surface area contributed by atoms with Crippen molar-refractivity contribution in [2.75, 3.05) is 20.3 Å². The molecule has 2 nitrogen and oxygen atoms in total. The maximum absolute atomic E-state index is 6.08. The minimum absolute atomic E-state index is 0.112. The van der Waals surface area contributed by atoms with E-state index in [2.05, 4.69) is 6.92 Å². The molecule has 0 N–H and O–H groups in total. The topological polar surface area (TPSA) is 18.5 Å². The molecule has 1 aliphatic rings. The molecule has 72 valence electrons. The molecular weight excluding hydrogens is 176 g/mol. The van der Waals surface area contributed by atoms with Gasteiger partial charge in [-0.15, -0.1) is 11.6 Å². The predicted octanol–water partition coefficient (Wildman–Crippen LogP) is 2.20. The standard InChI is InChI=1S/C9H17ClO2/c1-3-9(7-11-2)6-8(10)4-5-12-9/h8H,3-7H2,1-2H3. The number of halogens is 1. The van der Waals surface area contributed by atoms with E-state index in [0.717, 1.165) is 25.9 Å². The van der Waals surface area contributed by atoms with Gasteiger partial charge in [-0.2, -0.15) is 0 Å². The van der Waals surface area contributed by atoms with E-state index in [-0.39, 0.29) is 11.0 Å². The van der Waals surface area contributed by atoms with Gasteiger partial charge in [-0.3, -0.25) is 0 Å². The second-order valence-corrected chi connectivity index (χ2v) is 4.03. The summed E-state index contributed by atoms with van der Waals surface area (Å²) in [5.41, 5.74) is -0.112. The summed E-state index contributed by atoms with van der Waals surface area (Å²) in [4.78, 5) is 0. The van der Waals surface area contributed by atoms with Crippen LogP contribution in [0, 0.1) is 0 Å². The summed E-state index contributed by atoms with van der Waals surface area (Å²) in [6, 6.07) is 0. The van der Waals surface area contributed by atoms with E-state index in [4.69, 9.17) is 21.1 Å². The van der Waals surface area contributed by atoms with Gasteiger partial charge in [0.2, 0.25) is 0 Å². The number of methoxy groups -OCH3 is 1. The first-order valence-corrected chi connectivity index (χ1v) is 4.93. The Balaban J connectivity index is 2.51. The highest BCUT2D eigenvalue weighted by molar-refractivity contribution is 6.20. The zero-order valence-electron chi connectivity index (χ0n) is 7.81. The molecule has 2 unspecified atom stereocenters. The molecule has 0 aliphatic carbocycles. The molecule has 0 spiro atoms. The first kappa shape index (κ1) is 10.3. The van der Waals surface area contributed by atoms with Gasteiger partial charge in [0.05, 0.1) is 12.2 Å². The summed E-state index contributed by atoms with van der Waals surface area (Å²) in [6.45, 7) is 3.55. The van der Waals surface area contributed by atoms with Crippen molar-refractivity contribution in [3.05, 3.63) is 0 Å². The Kier molecular flexibility index (Phi) is 3.81. The molecule has 3 heteroatoms. The molecular formula is C9H17ClO2. The minimum Gasteiger partial charge on any atom is -0.382 e. The molecule has 1 aliphatic heterocycles. The summed E-state index contributed by atoms with van der Waals surface area (Å²) < 4.78 is 10.9. The zero-order valence-corrected chi connectivity index (χ0v) is 8.56. The summed E-state index contributed by atoms with van der Waals surface area (Å²) in [5, 5.41) is 0.258. The Morgan fingerprint density at radius 3 is 2.92 bits per heavy atom. The van der Waals surface area contributed by atoms with E-state index in [9.17, 15) is 0 Å². The first-order chi connectivity index (χ1) is 5.72. The number of rotatable bonds is 3. The molecule has 0 amide bonds. The van der Waals surface area contributed by atoms with Crippen LogP contribution in [0.1, 0.15) is 26.2 Å². The molecule has 0 bridgehead atoms. The molecule has 0 saturated carbocycles. The van der Waals surface area contributed by atoms with Gasteiger partial charge in [-0.1, -0.05) is 6.92 Å². The number of hydrogen-bond acceptors (Lipinski definition) is 2. The highest BCUT2D eigenvalue weighted by atomic mass is 35.5. The van der Waals surface area contributed by atoms with Gasteiger partial charge in [0.25, 0.3) is 0 Å². The maximum Gasteiger partial charge on any atom is 0.0926 e. The van der Waals surface area contributed by atoms with Crippen LogP contribution < -0.4 is 0 Å². The minimum atomic E-state index is -0.112.